The Hall–Kier alpha value is -2.11. The number of hydrogen-bond acceptors (Lipinski definition) is 3. The molecular weight excluding hydrogens is 359 g/mol. The van der Waals surface area contributed by atoms with Crippen LogP contribution < -0.4 is 5.32 Å². The molecule has 0 bridgehead atoms. The Morgan fingerprint density at radius 2 is 2.04 bits per heavy atom. The summed E-state index contributed by atoms with van der Waals surface area (Å²) in [4.78, 5) is 16.2. The first-order valence-electron chi connectivity index (χ1n) is 8.15. The minimum Gasteiger partial charge on any atom is -0.324 e. The van der Waals surface area contributed by atoms with Gasteiger partial charge in [0, 0.05) is 12.0 Å². The molecule has 0 saturated carbocycles. The molecule has 0 radical (unpaired) electrons. The van der Waals surface area contributed by atoms with Gasteiger partial charge in [-0.15, -0.1) is 0 Å². The molecule has 1 N–H and O–H groups in total. The fourth-order valence-corrected chi connectivity index (χ4v) is 3.84. The molecule has 1 aliphatic rings. The van der Waals surface area contributed by atoms with Crippen LogP contribution in [0, 0.1) is 6.92 Å². The fraction of sp³-hybridized carbons (Fsp3) is 0.278. The lowest BCUT2D eigenvalue weighted by molar-refractivity contribution is -0.115. The van der Waals surface area contributed by atoms with Crippen LogP contribution in [0.25, 0.3) is 16.9 Å². The smallest absolute Gasteiger partial charge is 0.228 e. The normalized spacial score (nSPS) is 13.4. The maximum atomic E-state index is 11.7. The Kier molecular flexibility index (Phi) is 3.93. The number of hydrogen-bond donors (Lipinski definition) is 1. The van der Waals surface area contributed by atoms with Gasteiger partial charge in [-0.05, 0) is 42.7 Å². The second-order valence-corrected chi connectivity index (χ2v) is 7.07. The van der Waals surface area contributed by atoms with Crippen molar-refractivity contribution in [3.05, 3.63) is 45.2 Å². The third kappa shape index (κ3) is 2.68. The number of fused-ring (bicyclic) bond motifs is 2. The number of benzene rings is 1. The molecule has 0 spiro atoms. The highest BCUT2D eigenvalue weighted by Gasteiger charge is 2.23. The number of amides is 1. The number of pyridine rings is 1. The fourth-order valence-electron chi connectivity index (χ4n) is 3.27. The molecule has 25 heavy (non-hydrogen) atoms. The summed E-state index contributed by atoms with van der Waals surface area (Å²) < 4.78 is 1.78. The zero-order valence-electron chi connectivity index (χ0n) is 13.9. The predicted octanol–water partition coefficient (Wildman–Crippen LogP) is 4.46. The number of aryl methyl sites for hydroxylation is 2. The predicted molar refractivity (Wildman–Crippen MR) is 99.5 cm³/mol. The van der Waals surface area contributed by atoms with E-state index in [0.717, 1.165) is 41.1 Å². The largest absolute Gasteiger partial charge is 0.324 e. The van der Waals surface area contributed by atoms with Crippen LogP contribution >= 0.6 is 23.2 Å². The Morgan fingerprint density at radius 1 is 1.24 bits per heavy atom. The van der Waals surface area contributed by atoms with E-state index in [1.54, 1.807) is 4.52 Å². The van der Waals surface area contributed by atoms with Crippen molar-refractivity contribution in [2.45, 2.75) is 33.1 Å². The van der Waals surface area contributed by atoms with E-state index in [1.807, 2.05) is 25.1 Å². The highest BCUT2D eigenvalue weighted by atomic mass is 35.5. The van der Waals surface area contributed by atoms with E-state index in [4.69, 9.17) is 23.2 Å². The highest BCUT2D eigenvalue weighted by molar-refractivity contribution is 6.35. The van der Waals surface area contributed by atoms with Gasteiger partial charge in [0.25, 0.3) is 0 Å². The van der Waals surface area contributed by atoms with Crippen LogP contribution in [0.3, 0.4) is 0 Å². The first-order valence-corrected chi connectivity index (χ1v) is 8.91. The van der Waals surface area contributed by atoms with Gasteiger partial charge in [-0.25, -0.2) is 9.50 Å². The molecule has 0 saturated heterocycles. The second kappa shape index (κ2) is 6.00. The van der Waals surface area contributed by atoms with Crippen LogP contribution in [-0.2, 0) is 17.6 Å². The molecule has 3 aromatic rings. The number of aromatic nitrogens is 3. The van der Waals surface area contributed by atoms with Crippen molar-refractivity contribution in [1.82, 2.24) is 14.6 Å². The number of halogens is 2. The standard InChI is InChI=1S/C18H16Cl2N4O/c1-3-4-14-21-18-13(20)5-9(2)17(24(18)23-14)11-6-10-8-15(25)22-16(10)12(19)7-11/h5-7H,3-4,8H2,1-2H3,(H,22,25). The molecule has 7 heteroatoms. The van der Waals surface area contributed by atoms with E-state index < -0.39 is 0 Å². The second-order valence-electron chi connectivity index (χ2n) is 6.25. The van der Waals surface area contributed by atoms with Crippen molar-refractivity contribution in [2.24, 2.45) is 0 Å². The van der Waals surface area contributed by atoms with E-state index in [0.29, 0.717) is 27.8 Å². The first kappa shape index (κ1) is 16.4. The number of nitrogens with one attached hydrogen (secondary N) is 1. The third-order valence-electron chi connectivity index (χ3n) is 4.33. The zero-order chi connectivity index (χ0) is 17.7. The minimum absolute atomic E-state index is 0.0435. The Balaban J connectivity index is 1.97. The molecule has 0 fully saturated rings. The van der Waals surface area contributed by atoms with Gasteiger partial charge < -0.3 is 5.32 Å². The van der Waals surface area contributed by atoms with E-state index in [1.165, 1.54) is 0 Å². The average Bonchev–Trinajstić information content (AvgIpc) is 3.11. The molecule has 1 amide bonds. The molecule has 128 valence electrons. The highest BCUT2D eigenvalue weighted by Crippen LogP contribution is 2.37. The average molecular weight is 375 g/mol. The Morgan fingerprint density at radius 3 is 2.80 bits per heavy atom. The molecule has 1 aliphatic heterocycles. The summed E-state index contributed by atoms with van der Waals surface area (Å²) in [6, 6.07) is 5.72. The van der Waals surface area contributed by atoms with Gasteiger partial charge in [0.05, 0.1) is 27.8 Å². The number of carbonyl (C=O) groups excluding carboxylic acids is 1. The zero-order valence-corrected chi connectivity index (χ0v) is 15.4. The van der Waals surface area contributed by atoms with Crippen LogP contribution in [0.1, 0.15) is 30.3 Å². The van der Waals surface area contributed by atoms with Gasteiger partial charge in [-0.2, -0.15) is 5.10 Å². The van der Waals surface area contributed by atoms with Crippen molar-refractivity contribution >= 4 is 40.4 Å². The molecule has 2 aromatic heterocycles. The summed E-state index contributed by atoms with van der Waals surface area (Å²) in [5.41, 5.74) is 4.98. The van der Waals surface area contributed by atoms with E-state index in [9.17, 15) is 4.79 Å². The molecule has 1 aromatic carbocycles. The summed E-state index contributed by atoms with van der Waals surface area (Å²) in [7, 11) is 0. The van der Waals surface area contributed by atoms with Crippen LogP contribution in [0.2, 0.25) is 10.0 Å². The minimum atomic E-state index is -0.0435. The van der Waals surface area contributed by atoms with E-state index in [2.05, 4.69) is 22.3 Å². The van der Waals surface area contributed by atoms with E-state index in [-0.39, 0.29) is 5.91 Å². The maximum absolute atomic E-state index is 11.7. The maximum Gasteiger partial charge on any atom is 0.228 e. The van der Waals surface area contributed by atoms with Crippen LogP contribution in [0.15, 0.2) is 18.2 Å². The lowest BCUT2D eigenvalue weighted by atomic mass is 10.0. The third-order valence-corrected chi connectivity index (χ3v) is 4.90. The summed E-state index contributed by atoms with van der Waals surface area (Å²) in [5.74, 6) is 0.721. The topological polar surface area (TPSA) is 59.3 Å². The van der Waals surface area contributed by atoms with Gasteiger partial charge in [0.1, 0.15) is 0 Å². The summed E-state index contributed by atoms with van der Waals surface area (Å²) >= 11 is 12.8. The molecule has 0 unspecified atom stereocenters. The van der Waals surface area contributed by atoms with Gasteiger partial charge in [0.2, 0.25) is 5.91 Å². The van der Waals surface area contributed by atoms with Crippen molar-refractivity contribution in [3.63, 3.8) is 0 Å². The Bertz CT molecular complexity index is 1030. The number of anilines is 1. The first-order chi connectivity index (χ1) is 12.0. The van der Waals surface area contributed by atoms with Crippen molar-refractivity contribution in [2.75, 3.05) is 5.32 Å². The van der Waals surface area contributed by atoms with Crippen molar-refractivity contribution in [1.29, 1.82) is 0 Å². The SMILES string of the molecule is CCCc1nc2c(Cl)cc(C)c(-c3cc(Cl)c4c(c3)CC(=O)N4)n2n1. The van der Waals surface area contributed by atoms with Gasteiger partial charge in [-0.1, -0.05) is 30.1 Å². The molecule has 5 nitrogen and oxygen atoms in total. The molecule has 0 aliphatic carbocycles. The molecule has 0 atom stereocenters. The van der Waals surface area contributed by atoms with Crippen LogP contribution in [0.4, 0.5) is 5.69 Å². The summed E-state index contributed by atoms with van der Waals surface area (Å²) in [6.45, 7) is 4.07. The van der Waals surface area contributed by atoms with Crippen LogP contribution in [0.5, 0.6) is 0 Å². The van der Waals surface area contributed by atoms with E-state index >= 15 is 0 Å². The molecule has 4 rings (SSSR count). The van der Waals surface area contributed by atoms with Gasteiger partial charge in [0.15, 0.2) is 11.5 Å². The quantitative estimate of drug-likeness (QED) is 0.735. The summed E-state index contributed by atoms with van der Waals surface area (Å²) in [6.07, 6.45) is 2.08. The summed E-state index contributed by atoms with van der Waals surface area (Å²) in [5, 5.41) is 8.53. The van der Waals surface area contributed by atoms with Gasteiger partial charge in [-0.3, -0.25) is 4.79 Å². The molecular formula is C18H16Cl2N4O. The van der Waals surface area contributed by atoms with Crippen LogP contribution in [-0.4, -0.2) is 20.5 Å². The van der Waals surface area contributed by atoms with Crippen molar-refractivity contribution in [3.8, 4) is 11.3 Å². The van der Waals surface area contributed by atoms with Crippen molar-refractivity contribution < 1.29 is 4.79 Å². The number of nitrogens with zero attached hydrogens (tertiary/aromatic N) is 3. The molecule has 3 heterocycles. The number of carbonyl (C=O) groups is 1. The van der Waals surface area contributed by atoms with Gasteiger partial charge >= 0.3 is 0 Å². The Labute approximate surface area is 155 Å². The lowest BCUT2D eigenvalue weighted by Gasteiger charge is -2.12. The number of rotatable bonds is 3. The monoisotopic (exact) mass is 374 g/mol. The lowest BCUT2D eigenvalue weighted by Crippen LogP contribution is -2.03.